The molecule has 0 amide bonds. The average molecular weight is 381 g/mol. The van der Waals surface area contributed by atoms with Crippen LogP contribution in [0.2, 0.25) is 0 Å². The van der Waals surface area contributed by atoms with E-state index >= 15 is 0 Å². The lowest BCUT2D eigenvalue weighted by Crippen LogP contribution is -2.05. The summed E-state index contributed by atoms with van der Waals surface area (Å²) in [6, 6.07) is 8.63. The Hall–Kier alpha value is -1.58. The van der Waals surface area contributed by atoms with Gasteiger partial charge < -0.3 is 4.74 Å². The van der Waals surface area contributed by atoms with Crippen molar-refractivity contribution in [2.24, 2.45) is 5.92 Å². The second kappa shape index (κ2) is 8.62. The van der Waals surface area contributed by atoms with Gasteiger partial charge in [-0.3, -0.25) is 4.79 Å². The molecule has 2 atom stereocenters. The van der Waals surface area contributed by atoms with E-state index < -0.39 is 0 Å². The zero-order valence-corrected chi connectivity index (χ0v) is 16.7. The molecule has 3 aliphatic rings. The highest BCUT2D eigenvalue weighted by Gasteiger charge is 2.25. The lowest BCUT2D eigenvalue weighted by Gasteiger charge is -2.19. The van der Waals surface area contributed by atoms with Crippen molar-refractivity contribution in [1.29, 1.82) is 0 Å². The third-order valence-electron chi connectivity index (χ3n) is 5.92. The molecule has 0 aromatic heterocycles. The SMILES string of the molecule is C=C(CC1CCCO1)c1ccc(C2=CC(=O)CCC3CCCSC=C23)cc1. The highest BCUT2D eigenvalue weighted by Crippen LogP contribution is 2.40. The van der Waals surface area contributed by atoms with Crippen molar-refractivity contribution in [2.75, 3.05) is 12.4 Å². The van der Waals surface area contributed by atoms with Gasteiger partial charge in [-0.25, -0.2) is 0 Å². The summed E-state index contributed by atoms with van der Waals surface area (Å²) >= 11 is 1.89. The summed E-state index contributed by atoms with van der Waals surface area (Å²) in [5, 5.41) is 2.31. The van der Waals surface area contributed by atoms with Crippen molar-refractivity contribution in [2.45, 2.75) is 51.0 Å². The first-order valence-electron chi connectivity index (χ1n) is 10.2. The van der Waals surface area contributed by atoms with E-state index in [2.05, 4.69) is 36.3 Å². The molecule has 1 fully saturated rings. The second-order valence-corrected chi connectivity index (χ2v) is 8.84. The van der Waals surface area contributed by atoms with Crippen molar-refractivity contribution in [3.05, 3.63) is 59.0 Å². The molecule has 0 spiro atoms. The van der Waals surface area contributed by atoms with E-state index in [4.69, 9.17) is 4.74 Å². The van der Waals surface area contributed by atoms with Gasteiger partial charge >= 0.3 is 0 Å². The summed E-state index contributed by atoms with van der Waals surface area (Å²) in [5.41, 5.74) is 5.97. The van der Waals surface area contributed by atoms with E-state index in [9.17, 15) is 4.79 Å². The summed E-state index contributed by atoms with van der Waals surface area (Å²) in [5.74, 6) is 1.96. The maximum Gasteiger partial charge on any atom is 0.156 e. The minimum absolute atomic E-state index is 0.260. The molecule has 142 valence electrons. The smallest absolute Gasteiger partial charge is 0.156 e. The van der Waals surface area contributed by atoms with E-state index in [1.54, 1.807) is 0 Å². The summed E-state index contributed by atoms with van der Waals surface area (Å²) in [7, 11) is 0. The van der Waals surface area contributed by atoms with Gasteiger partial charge in [0.1, 0.15) is 0 Å². The highest BCUT2D eigenvalue weighted by molar-refractivity contribution is 8.02. The number of allylic oxidation sites excluding steroid dienone is 3. The largest absolute Gasteiger partial charge is 0.378 e. The van der Waals surface area contributed by atoms with Gasteiger partial charge in [-0.1, -0.05) is 30.8 Å². The van der Waals surface area contributed by atoms with Crippen molar-refractivity contribution in [1.82, 2.24) is 0 Å². The lowest BCUT2D eigenvalue weighted by atomic mass is 9.85. The Balaban J connectivity index is 1.56. The molecule has 2 nitrogen and oxygen atoms in total. The van der Waals surface area contributed by atoms with Crippen LogP contribution in [0.1, 0.15) is 56.1 Å². The Morgan fingerprint density at radius 1 is 1.15 bits per heavy atom. The molecule has 3 heteroatoms. The van der Waals surface area contributed by atoms with Crippen LogP contribution in [0.25, 0.3) is 11.1 Å². The van der Waals surface area contributed by atoms with Crippen molar-refractivity contribution in [3.63, 3.8) is 0 Å². The van der Waals surface area contributed by atoms with Crippen LogP contribution in [0.5, 0.6) is 0 Å². The number of benzene rings is 1. The maximum atomic E-state index is 12.3. The molecule has 1 aliphatic carbocycles. The molecule has 4 rings (SSSR count). The number of carbonyl (C=O) groups is 1. The first kappa shape index (κ1) is 18.8. The third kappa shape index (κ3) is 4.47. The molecule has 0 saturated carbocycles. The van der Waals surface area contributed by atoms with E-state index in [0.717, 1.165) is 49.0 Å². The molecule has 1 aromatic rings. The predicted molar refractivity (Wildman–Crippen MR) is 115 cm³/mol. The summed E-state index contributed by atoms with van der Waals surface area (Å²) in [4.78, 5) is 12.3. The molecular weight excluding hydrogens is 352 g/mol. The van der Waals surface area contributed by atoms with Gasteiger partial charge in [-0.2, -0.15) is 0 Å². The van der Waals surface area contributed by atoms with Crippen LogP contribution in [0.3, 0.4) is 0 Å². The molecule has 0 N–H and O–H groups in total. The molecule has 0 radical (unpaired) electrons. The van der Waals surface area contributed by atoms with Crippen LogP contribution in [-0.2, 0) is 9.53 Å². The Morgan fingerprint density at radius 2 is 2.00 bits per heavy atom. The van der Waals surface area contributed by atoms with E-state index in [-0.39, 0.29) is 5.78 Å². The van der Waals surface area contributed by atoms with Gasteiger partial charge in [0, 0.05) is 13.0 Å². The second-order valence-electron chi connectivity index (χ2n) is 7.87. The van der Waals surface area contributed by atoms with Crippen LogP contribution in [0, 0.1) is 5.92 Å². The first-order valence-corrected chi connectivity index (χ1v) is 11.2. The third-order valence-corrected chi connectivity index (χ3v) is 6.87. The van der Waals surface area contributed by atoms with Crippen molar-refractivity contribution < 1.29 is 9.53 Å². The predicted octanol–water partition coefficient (Wildman–Crippen LogP) is 6.04. The Morgan fingerprint density at radius 3 is 2.78 bits per heavy atom. The van der Waals surface area contributed by atoms with Gasteiger partial charge in [-0.05, 0) is 89.5 Å². The summed E-state index contributed by atoms with van der Waals surface area (Å²) in [6.07, 6.45) is 9.51. The molecule has 27 heavy (non-hydrogen) atoms. The molecule has 1 aromatic carbocycles. The number of thioether (sulfide) groups is 1. The average Bonchev–Trinajstić information content (AvgIpc) is 3.00. The number of ether oxygens (including phenoxy) is 1. The maximum absolute atomic E-state index is 12.3. The molecule has 2 unspecified atom stereocenters. The van der Waals surface area contributed by atoms with E-state index in [1.807, 2.05) is 17.8 Å². The standard InChI is InChI=1S/C24H28O2S/c1-17(14-22-5-2-12-26-22)18-6-8-20(9-7-18)23-15-21(25)11-10-19-4-3-13-27-16-24(19)23/h6-9,15-16,19,22H,1-5,10-14H2. The van der Waals surface area contributed by atoms with Crippen molar-refractivity contribution in [3.8, 4) is 0 Å². The molecule has 0 bridgehead atoms. The highest BCUT2D eigenvalue weighted by atomic mass is 32.2. The minimum Gasteiger partial charge on any atom is -0.378 e. The first-order chi connectivity index (χ1) is 13.2. The fourth-order valence-corrected chi connectivity index (χ4v) is 5.31. The normalized spacial score (nSPS) is 25.9. The number of hydrogen-bond donors (Lipinski definition) is 0. The zero-order valence-electron chi connectivity index (χ0n) is 15.9. The Labute approximate surface area is 166 Å². The number of rotatable bonds is 4. The van der Waals surface area contributed by atoms with Gasteiger partial charge in [0.2, 0.25) is 0 Å². The van der Waals surface area contributed by atoms with Gasteiger partial charge in [0.05, 0.1) is 6.10 Å². The Bertz CT molecular complexity index is 766. The zero-order chi connectivity index (χ0) is 18.6. The van der Waals surface area contributed by atoms with E-state index in [0.29, 0.717) is 18.4 Å². The molecule has 2 aliphatic heterocycles. The van der Waals surface area contributed by atoms with Gasteiger partial charge in [0.15, 0.2) is 5.78 Å². The molecule has 2 heterocycles. The van der Waals surface area contributed by atoms with Crippen LogP contribution in [0.15, 0.2) is 47.9 Å². The number of fused-ring (bicyclic) bond motifs is 1. The van der Waals surface area contributed by atoms with Crippen LogP contribution in [0.4, 0.5) is 0 Å². The lowest BCUT2D eigenvalue weighted by molar-refractivity contribution is -0.114. The number of ketones is 1. The van der Waals surface area contributed by atoms with Crippen LogP contribution < -0.4 is 0 Å². The summed E-state index contributed by atoms with van der Waals surface area (Å²) in [6.45, 7) is 5.15. The van der Waals surface area contributed by atoms with E-state index in [1.165, 1.54) is 29.7 Å². The summed E-state index contributed by atoms with van der Waals surface area (Å²) < 4.78 is 5.74. The number of carbonyl (C=O) groups excluding carboxylic acids is 1. The van der Waals surface area contributed by atoms with Crippen molar-refractivity contribution >= 4 is 28.7 Å². The quantitative estimate of drug-likeness (QED) is 0.637. The monoisotopic (exact) mass is 380 g/mol. The Kier molecular flexibility index (Phi) is 5.99. The van der Waals surface area contributed by atoms with Crippen LogP contribution >= 0.6 is 11.8 Å². The van der Waals surface area contributed by atoms with Gasteiger partial charge in [0.25, 0.3) is 0 Å². The molecular formula is C24H28O2S. The fraction of sp³-hybridized carbons (Fsp3) is 0.458. The van der Waals surface area contributed by atoms with Gasteiger partial charge in [-0.15, -0.1) is 11.8 Å². The van der Waals surface area contributed by atoms with Crippen LogP contribution in [-0.4, -0.2) is 24.2 Å². The number of hydrogen-bond acceptors (Lipinski definition) is 3. The topological polar surface area (TPSA) is 26.3 Å². The molecule has 1 saturated heterocycles. The minimum atomic E-state index is 0.260. The fourth-order valence-electron chi connectivity index (χ4n) is 4.36.